The third-order valence-corrected chi connectivity index (χ3v) is 9.06. The summed E-state index contributed by atoms with van der Waals surface area (Å²) in [4.78, 5) is 15.3. The highest BCUT2D eigenvalue weighted by molar-refractivity contribution is 6.10. The lowest BCUT2D eigenvalue weighted by Gasteiger charge is -2.13. The Labute approximate surface area is 284 Å². The summed E-state index contributed by atoms with van der Waals surface area (Å²) >= 11 is 0. The maximum absolute atomic E-state index is 5.15. The van der Waals surface area contributed by atoms with Gasteiger partial charge < -0.3 is 4.57 Å². The maximum Gasteiger partial charge on any atom is 0.164 e. The van der Waals surface area contributed by atoms with Gasteiger partial charge in [-0.3, -0.25) is 0 Å². The van der Waals surface area contributed by atoms with Crippen LogP contribution in [0.2, 0.25) is 0 Å². The molecule has 49 heavy (non-hydrogen) atoms. The summed E-state index contributed by atoms with van der Waals surface area (Å²) in [6, 6.07) is 63.3. The Morgan fingerprint density at radius 1 is 0.306 bits per heavy atom. The van der Waals surface area contributed by atoms with E-state index < -0.39 is 0 Å². The van der Waals surface area contributed by atoms with Crippen LogP contribution in [-0.4, -0.2) is 19.5 Å². The SMILES string of the molecule is c1ccc(-c2ccc3c4ccccc4n(-c4cccc(-c5nc(-c6ccccc6)nc(-c6ccccc6-c6ccccc6)n5)c4)c3c2)cc1. The van der Waals surface area contributed by atoms with Gasteiger partial charge in [0.15, 0.2) is 17.5 Å². The molecular weight excluding hydrogens is 597 g/mol. The average Bonchev–Trinajstić information content (AvgIpc) is 3.52. The number of nitrogens with zero attached hydrogens (tertiary/aromatic N) is 4. The molecule has 0 saturated heterocycles. The van der Waals surface area contributed by atoms with Gasteiger partial charge in [0.2, 0.25) is 0 Å². The van der Waals surface area contributed by atoms with E-state index >= 15 is 0 Å². The van der Waals surface area contributed by atoms with Crippen molar-refractivity contribution >= 4 is 21.8 Å². The zero-order chi connectivity index (χ0) is 32.6. The molecule has 0 aliphatic rings. The van der Waals surface area contributed by atoms with E-state index in [1.165, 1.54) is 21.9 Å². The summed E-state index contributed by atoms with van der Waals surface area (Å²) in [5.74, 6) is 1.90. The second-order valence-corrected chi connectivity index (χ2v) is 12.1. The Morgan fingerprint density at radius 2 is 0.857 bits per heavy atom. The molecule has 0 spiro atoms. The summed E-state index contributed by atoms with van der Waals surface area (Å²) in [6.45, 7) is 0. The monoisotopic (exact) mass is 626 g/mol. The number of hydrogen-bond acceptors (Lipinski definition) is 3. The molecule has 4 nitrogen and oxygen atoms in total. The van der Waals surface area contributed by atoms with Crippen LogP contribution in [0.25, 0.3) is 83.9 Å². The van der Waals surface area contributed by atoms with Crippen molar-refractivity contribution < 1.29 is 0 Å². The van der Waals surface area contributed by atoms with Gasteiger partial charge in [-0.15, -0.1) is 0 Å². The maximum atomic E-state index is 5.15. The van der Waals surface area contributed by atoms with Crippen LogP contribution in [0.5, 0.6) is 0 Å². The number of aromatic nitrogens is 4. The Balaban J connectivity index is 1.24. The van der Waals surface area contributed by atoms with Crippen LogP contribution in [0.4, 0.5) is 0 Å². The summed E-state index contributed by atoms with van der Waals surface area (Å²) in [6.07, 6.45) is 0. The molecular formula is C45H30N4. The van der Waals surface area contributed by atoms with Gasteiger partial charge in [-0.2, -0.15) is 0 Å². The average molecular weight is 627 g/mol. The number of fused-ring (bicyclic) bond motifs is 3. The van der Waals surface area contributed by atoms with Crippen LogP contribution in [0.1, 0.15) is 0 Å². The molecule has 0 radical (unpaired) electrons. The largest absolute Gasteiger partial charge is 0.309 e. The molecule has 9 aromatic rings. The standard InChI is InChI=1S/C45H30N4/c1-4-15-31(16-5-1)34-27-28-39-38-24-12-13-26-41(38)49(42(39)30-34)36-22-14-21-35(29-36)44-46-43(33-19-8-3-9-20-33)47-45(48-44)40-25-11-10-23-37(40)32-17-6-2-7-18-32/h1-30H. The molecule has 4 heteroatoms. The predicted octanol–water partition coefficient (Wildman–Crippen LogP) is 11.3. The van der Waals surface area contributed by atoms with Gasteiger partial charge in [0, 0.05) is 33.2 Å². The van der Waals surface area contributed by atoms with Crippen molar-refractivity contribution in [1.29, 1.82) is 0 Å². The van der Waals surface area contributed by atoms with E-state index in [-0.39, 0.29) is 0 Å². The normalized spacial score (nSPS) is 11.3. The summed E-state index contributed by atoms with van der Waals surface area (Å²) in [7, 11) is 0. The first-order valence-corrected chi connectivity index (χ1v) is 16.5. The predicted molar refractivity (Wildman–Crippen MR) is 201 cm³/mol. The van der Waals surface area contributed by atoms with Gasteiger partial charge in [-0.05, 0) is 46.5 Å². The Kier molecular flexibility index (Phi) is 7.10. The third-order valence-electron chi connectivity index (χ3n) is 9.06. The molecule has 0 unspecified atom stereocenters. The molecule has 0 atom stereocenters. The minimum Gasteiger partial charge on any atom is -0.309 e. The van der Waals surface area contributed by atoms with Gasteiger partial charge >= 0.3 is 0 Å². The third kappa shape index (κ3) is 5.26. The number of para-hydroxylation sites is 1. The fraction of sp³-hybridized carbons (Fsp3) is 0. The van der Waals surface area contributed by atoms with Crippen molar-refractivity contribution in [2.24, 2.45) is 0 Å². The number of rotatable bonds is 6. The van der Waals surface area contributed by atoms with Crippen molar-refractivity contribution in [2.75, 3.05) is 0 Å². The number of hydrogen-bond donors (Lipinski definition) is 0. The van der Waals surface area contributed by atoms with Gasteiger partial charge in [0.05, 0.1) is 11.0 Å². The van der Waals surface area contributed by atoms with Crippen molar-refractivity contribution in [3.63, 3.8) is 0 Å². The van der Waals surface area contributed by atoms with E-state index in [4.69, 9.17) is 15.0 Å². The van der Waals surface area contributed by atoms with E-state index in [0.717, 1.165) is 44.5 Å². The minimum absolute atomic E-state index is 0.624. The van der Waals surface area contributed by atoms with E-state index in [1.54, 1.807) is 0 Å². The molecule has 0 bridgehead atoms. The van der Waals surface area contributed by atoms with Gasteiger partial charge in [-0.25, -0.2) is 15.0 Å². The molecule has 0 aliphatic heterocycles. The minimum atomic E-state index is 0.624. The highest BCUT2D eigenvalue weighted by Gasteiger charge is 2.17. The molecule has 0 saturated carbocycles. The van der Waals surface area contributed by atoms with Crippen LogP contribution < -0.4 is 0 Å². The Bertz CT molecular complexity index is 2590. The molecule has 230 valence electrons. The first-order valence-electron chi connectivity index (χ1n) is 16.5. The second kappa shape index (κ2) is 12.2. The summed E-state index contributed by atoms with van der Waals surface area (Å²) in [5.41, 5.74) is 10.7. The summed E-state index contributed by atoms with van der Waals surface area (Å²) in [5, 5.41) is 2.43. The highest BCUT2D eigenvalue weighted by atomic mass is 15.0. The van der Waals surface area contributed by atoms with Crippen LogP contribution in [0, 0.1) is 0 Å². The zero-order valence-electron chi connectivity index (χ0n) is 26.6. The van der Waals surface area contributed by atoms with E-state index in [1.807, 2.05) is 42.5 Å². The molecule has 0 aliphatic carbocycles. The molecule has 0 fully saturated rings. The fourth-order valence-electron chi connectivity index (χ4n) is 6.73. The fourth-order valence-corrected chi connectivity index (χ4v) is 6.73. The zero-order valence-corrected chi connectivity index (χ0v) is 26.6. The smallest absolute Gasteiger partial charge is 0.164 e. The molecule has 0 amide bonds. The van der Waals surface area contributed by atoms with Crippen LogP contribution in [-0.2, 0) is 0 Å². The molecule has 2 aromatic heterocycles. The van der Waals surface area contributed by atoms with E-state index in [9.17, 15) is 0 Å². The van der Waals surface area contributed by atoms with Gasteiger partial charge in [0.25, 0.3) is 0 Å². The lowest BCUT2D eigenvalue weighted by Crippen LogP contribution is -2.02. The van der Waals surface area contributed by atoms with E-state index in [0.29, 0.717) is 17.5 Å². The molecule has 2 heterocycles. The highest BCUT2D eigenvalue weighted by Crippen LogP contribution is 2.36. The number of benzene rings is 7. The Hall–Kier alpha value is -6.65. The van der Waals surface area contributed by atoms with Gasteiger partial charge in [0.1, 0.15) is 0 Å². The van der Waals surface area contributed by atoms with Crippen molar-refractivity contribution in [1.82, 2.24) is 19.5 Å². The molecule has 0 N–H and O–H groups in total. The van der Waals surface area contributed by atoms with Crippen LogP contribution in [0.3, 0.4) is 0 Å². The van der Waals surface area contributed by atoms with Crippen molar-refractivity contribution in [3.05, 3.63) is 182 Å². The lowest BCUT2D eigenvalue weighted by atomic mass is 9.99. The molecule has 9 rings (SSSR count). The lowest BCUT2D eigenvalue weighted by molar-refractivity contribution is 1.07. The topological polar surface area (TPSA) is 43.6 Å². The quantitative estimate of drug-likeness (QED) is 0.184. The van der Waals surface area contributed by atoms with Crippen molar-refractivity contribution in [2.45, 2.75) is 0 Å². The molecule has 7 aromatic carbocycles. The van der Waals surface area contributed by atoms with Gasteiger partial charge in [-0.1, -0.05) is 158 Å². The summed E-state index contributed by atoms with van der Waals surface area (Å²) < 4.78 is 2.35. The van der Waals surface area contributed by atoms with Crippen molar-refractivity contribution in [3.8, 4) is 62.1 Å². The van der Waals surface area contributed by atoms with E-state index in [2.05, 4.69) is 144 Å². The first-order chi connectivity index (χ1) is 24.3. The first kappa shape index (κ1) is 28.6. The Morgan fingerprint density at radius 3 is 1.61 bits per heavy atom. The van der Waals surface area contributed by atoms with Crippen LogP contribution in [0.15, 0.2) is 182 Å². The van der Waals surface area contributed by atoms with Crippen LogP contribution >= 0.6 is 0 Å². The second-order valence-electron chi connectivity index (χ2n) is 12.1.